The predicted octanol–water partition coefficient (Wildman–Crippen LogP) is 3.93. The highest BCUT2D eigenvalue weighted by Gasteiger charge is 2.15. The van der Waals surface area contributed by atoms with Crippen molar-refractivity contribution in [3.8, 4) is 17.0 Å². The van der Waals surface area contributed by atoms with Crippen LogP contribution in [0.1, 0.15) is 5.56 Å². The minimum absolute atomic E-state index is 0.139. The molecule has 3 aromatic rings. The van der Waals surface area contributed by atoms with Crippen molar-refractivity contribution in [2.75, 3.05) is 0 Å². The van der Waals surface area contributed by atoms with E-state index in [1.165, 1.54) is 24.7 Å². The normalized spacial score (nSPS) is 10.6. The van der Waals surface area contributed by atoms with Crippen molar-refractivity contribution in [2.24, 2.45) is 0 Å². The number of nitrogens with zero attached hydrogens (tertiary/aromatic N) is 1. The summed E-state index contributed by atoms with van der Waals surface area (Å²) in [6, 6.07) is 11.7. The monoisotopic (exact) mass is 286 g/mol. The van der Waals surface area contributed by atoms with E-state index in [-0.39, 0.29) is 17.9 Å². The van der Waals surface area contributed by atoms with Gasteiger partial charge in [-0.1, -0.05) is 30.3 Å². The van der Waals surface area contributed by atoms with Crippen LogP contribution in [0.4, 0.5) is 8.78 Å². The highest BCUT2D eigenvalue weighted by atomic mass is 19.1. The van der Waals surface area contributed by atoms with Crippen LogP contribution in [0.3, 0.4) is 0 Å². The first-order valence-electron chi connectivity index (χ1n) is 6.38. The predicted molar refractivity (Wildman–Crippen MR) is 74.7 cm³/mol. The molecule has 1 N–H and O–H groups in total. The molecule has 21 heavy (non-hydrogen) atoms. The fourth-order valence-electron chi connectivity index (χ4n) is 2.02. The SMILES string of the molecule is Fc1cc(OCc2ccccc2)cc(F)c1-c1cnc[nH]1. The van der Waals surface area contributed by atoms with Gasteiger partial charge in [-0.15, -0.1) is 0 Å². The number of benzene rings is 2. The topological polar surface area (TPSA) is 37.9 Å². The van der Waals surface area contributed by atoms with Crippen molar-refractivity contribution in [1.29, 1.82) is 0 Å². The van der Waals surface area contributed by atoms with E-state index >= 15 is 0 Å². The van der Waals surface area contributed by atoms with Crippen molar-refractivity contribution in [3.63, 3.8) is 0 Å². The van der Waals surface area contributed by atoms with E-state index in [4.69, 9.17) is 4.74 Å². The van der Waals surface area contributed by atoms with E-state index in [1.54, 1.807) is 0 Å². The van der Waals surface area contributed by atoms with Crippen LogP contribution < -0.4 is 4.74 Å². The van der Waals surface area contributed by atoms with Crippen LogP contribution >= 0.6 is 0 Å². The van der Waals surface area contributed by atoms with E-state index < -0.39 is 11.6 Å². The number of hydrogen-bond donors (Lipinski definition) is 1. The second kappa shape index (κ2) is 5.75. The summed E-state index contributed by atoms with van der Waals surface area (Å²) in [6.45, 7) is 0.253. The number of aromatic amines is 1. The summed E-state index contributed by atoms with van der Waals surface area (Å²) in [6.07, 6.45) is 2.74. The average Bonchev–Trinajstić information content (AvgIpc) is 2.99. The highest BCUT2D eigenvalue weighted by Crippen LogP contribution is 2.28. The zero-order valence-electron chi connectivity index (χ0n) is 11.0. The number of hydrogen-bond acceptors (Lipinski definition) is 2. The third-order valence-corrected chi connectivity index (χ3v) is 3.03. The second-order valence-electron chi connectivity index (χ2n) is 4.50. The Morgan fingerprint density at radius 1 is 1.05 bits per heavy atom. The van der Waals surface area contributed by atoms with Gasteiger partial charge in [0.05, 0.1) is 23.8 Å². The fourth-order valence-corrected chi connectivity index (χ4v) is 2.02. The smallest absolute Gasteiger partial charge is 0.139 e. The molecule has 0 atom stereocenters. The molecule has 3 rings (SSSR count). The maximum absolute atomic E-state index is 14.0. The lowest BCUT2D eigenvalue weighted by molar-refractivity contribution is 0.303. The molecule has 106 valence electrons. The van der Waals surface area contributed by atoms with E-state index in [9.17, 15) is 8.78 Å². The average molecular weight is 286 g/mol. The summed E-state index contributed by atoms with van der Waals surface area (Å²) in [5, 5.41) is 0. The summed E-state index contributed by atoms with van der Waals surface area (Å²) in [4.78, 5) is 6.44. The molecule has 0 radical (unpaired) electrons. The minimum atomic E-state index is -0.692. The van der Waals surface area contributed by atoms with Crippen LogP contribution in [0.25, 0.3) is 11.3 Å². The maximum atomic E-state index is 14.0. The van der Waals surface area contributed by atoms with Crippen LogP contribution in [0.5, 0.6) is 5.75 Å². The summed E-state index contributed by atoms with van der Waals surface area (Å²) >= 11 is 0. The molecule has 0 saturated carbocycles. The Morgan fingerprint density at radius 3 is 2.38 bits per heavy atom. The number of rotatable bonds is 4. The molecule has 0 bridgehead atoms. The van der Waals surface area contributed by atoms with Gasteiger partial charge in [0.15, 0.2) is 0 Å². The zero-order chi connectivity index (χ0) is 14.7. The molecule has 3 nitrogen and oxygen atoms in total. The Hall–Kier alpha value is -2.69. The molecule has 0 aliphatic heterocycles. The number of ether oxygens (including phenoxy) is 1. The largest absolute Gasteiger partial charge is 0.489 e. The van der Waals surface area contributed by atoms with Gasteiger partial charge in [-0.05, 0) is 5.56 Å². The van der Waals surface area contributed by atoms with E-state index in [1.807, 2.05) is 30.3 Å². The third kappa shape index (κ3) is 2.91. The molecule has 0 spiro atoms. The molecule has 0 aliphatic carbocycles. The van der Waals surface area contributed by atoms with Gasteiger partial charge in [0.25, 0.3) is 0 Å². The van der Waals surface area contributed by atoms with Gasteiger partial charge in [0.2, 0.25) is 0 Å². The van der Waals surface area contributed by atoms with Crippen molar-refractivity contribution in [2.45, 2.75) is 6.61 Å². The minimum Gasteiger partial charge on any atom is -0.489 e. The van der Waals surface area contributed by atoms with Gasteiger partial charge in [-0.25, -0.2) is 13.8 Å². The molecular weight excluding hydrogens is 274 g/mol. The quantitative estimate of drug-likeness (QED) is 0.789. The fraction of sp³-hybridized carbons (Fsp3) is 0.0625. The lowest BCUT2D eigenvalue weighted by Gasteiger charge is -2.09. The standard InChI is InChI=1S/C16H12F2N2O/c17-13-6-12(21-9-11-4-2-1-3-5-11)7-14(18)16(13)15-8-19-10-20-15/h1-8,10H,9H2,(H,19,20). The molecule has 0 saturated heterocycles. The zero-order valence-corrected chi connectivity index (χ0v) is 11.0. The van der Waals surface area contributed by atoms with Crippen LogP contribution in [-0.2, 0) is 6.61 Å². The molecular formula is C16H12F2N2O. The van der Waals surface area contributed by atoms with Crippen LogP contribution in [0.15, 0.2) is 55.0 Å². The number of imidazole rings is 1. The third-order valence-electron chi connectivity index (χ3n) is 3.03. The van der Waals surface area contributed by atoms with Gasteiger partial charge < -0.3 is 9.72 Å². The number of aromatic nitrogens is 2. The van der Waals surface area contributed by atoms with Gasteiger partial charge in [0, 0.05) is 12.1 Å². The molecule has 5 heteroatoms. The molecule has 2 aromatic carbocycles. The lowest BCUT2D eigenvalue weighted by Crippen LogP contribution is -1.98. The molecule has 0 unspecified atom stereocenters. The Bertz CT molecular complexity index is 704. The van der Waals surface area contributed by atoms with Crippen LogP contribution in [-0.4, -0.2) is 9.97 Å². The number of H-pyrrole nitrogens is 1. The van der Waals surface area contributed by atoms with Crippen LogP contribution in [0.2, 0.25) is 0 Å². The Labute approximate surface area is 120 Å². The van der Waals surface area contributed by atoms with Crippen molar-refractivity contribution in [3.05, 3.63) is 72.2 Å². The Balaban J connectivity index is 1.82. The highest BCUT2D eigenvalue weighted by molar-refractivity contribution is 5.61. The van der Waals surface area contributed by atoms with Gasteiger partial charge in [-0.2, -0.15) is 0 Å². The molecule has 1 heterocycles. The summed E-state index contributed by atoms with van der Waals surface area (Å²) < 4.78 is 33.5. The van der Waals surface area contributed by atoms with E-state index in [2.05, 4.69) is 9.97 Å². The van der Waals surface area contributed by atoms with Gasteiger partial charge in [0.1, 0.15) is 24.0 Å². The summed E-state index contributed by atoms with van der Waals surface area (Å²) in [5.74, 6) is -1.23. The van der Waals surface area contributed by atoms with Crippen molar-refractivity contribution < 1.29 is 13.5 Å². The summed E-state index contributed by atoms with van der Waals surface area (Å²) in [5.41, 5.74) is 1.08. The second-order valence-corrected chi connectivity index (χ2v) is 4.50. The van der Waals surface area contributed by atoms with Gasteiger partial charge in [-0.3, -0.25) is 0 Å². The summed E-state index contributed by atoms with van der Waals surface area (Å²) in [7, 11) is 0. The van der Waals surface area contributed by atoms with E-state index in [0.29, 0.717) is 5.69 Å². The van der Waals surface area contributed by atoms with E-state index in [0.717, 1.165) is 5.56 Å². The number of nitrogens with one attached hydrogen (secondary N) is 1. The van der Waals surface area contributed by atoms with Crippen LogP contribution in [0, 0.1) is 11.6 Å². The molecule has 0 aliphatic rings. The first-order valence-corrected chi connectivity index (χ1v) is 6.38. The lowest BCUT2D eigenvalue weighted by atomic mass is 10.1. The maximum Gasteiger partial charge on any atom is 0.139 e. The van der Waals surface area contributed by atoms with Crippen molar-refractivity contribution >= 4 is 0 Å². The van der Waals surface area contributed by atoms with Crippen molar-refractivity contribution in [1.82, 2.24) is 9.97 Å². The van der Waals surface area contributed by atoms with Gasteiger partial charge >= 0.3 is 0 Å². The Kier molecular flexibility index (Phi) is 3.64. The first kappa shape index (κ1) is 13.3. The first-order chi connectivity index (χ1) is 10.2. The molecule has 0 fully saturated rings. The molecule has 1 aromatic heterocycles. The Morgan fingerprint density at radius 2 is 1.76 bits per heavy atom. The number of halogens is 2. The molecule has 0 amide bonds.